The average molecular weight is 242 g/mol. The zero-order valence-corrected chi connectivity index (χ0v) is 10.5. The molecule has 90 valence electrons. The van der Waals surface area contributed by atoms with Crippen molar-refractivity contribution in [1.82, 2.24) is 10.1 Å². The first kappa shape index (κ1) is 11.9. The number of hydrogen-bond acceptors (Lipinski definition) is 5. The number of aliphatic hydroxyl groups is 1. The monoisotopic (exact) mass is 242 g/mol. The Balaban J connectivity index is 1.96. The predicted octanol–water partition coefficient (Wildman–Crippen LogP) is 2.20. The molecule has 1 N–H and O–H groups in total. The van der Waals surface area contributed by atoms with Crippen molar-refractivity contribution in [3.8, 4) is 0 Å². The maximum Gasteiger partial charge on any atom is 0.229 e. The highest BCUT2D eigenvalue weighted by Crippen LogP contribution is 2.38. The molecular weight excluding hydrogens is 224 g/mol. The van der Waals surface area contributed by atoms with Gasteiger partial charge in [-0.15, -0.1) is 0 Å². The van der Waals surface area contributed by atoms with Crippen LogP contribution in [0.25, 0.3) is 0 Å². The van der Waals surface area contributed by atoms with Gasteiger partial charge in [0.25, 0.3) is 0 Å². The van der Waals surface area contributed by atoms with E-state index in [4.69, 9.17) is 4.52 Å². The Morgan fingerprint density at radius 3 is 3.00 bits per heavy atom. The lowest BCUT2D eigenvalue weighted by Crippen LogP contribution is -2.17. The summed E-state index contributed by atoms with van der Waals surface area (Å²) in [6.45, 7) is 3.96. The molecule has 0 amide bonds. The number of hydrogen-bond donors (Lipinski definition) is 1. The molecule has 2 atom stereocenters. The van der Waals surface area contributed by atoms with Crippen LogP contribution in [0.4, 0.5) is 0 Å². The molecule has 0 radical (unpaired) electrons. The van der Waals surface area contributed by atoms with Gasteiger partial charge in [0.05, 0.1) is 17.8 Å². The standard InChI is InChI=1S/C11H18N2O2S/c1-7(2)8(14)6-10-12-11(13-15-10)9-4-3-5-16-9/h7-9,14H,3-6H2,1-2H3. The number of aliphatic hydroxyl groups excluding tert-OH is 1. The van der Waals surface area contributed by atoms with E-state index in [0.717, 1.165) is 12.2 Å². The fourth-order valence-electron chi connectivity index (χ4n) is 1.68. The molecule has 1 aromatic rings. The molecule has 2 heterocycles. The Bertz CT molecular complexity index is 334. The van der Waals surface area contributed by atoms with Crippen LogP contribution >= 0.6 is 11.8 Å². The molecule has 2 rings (SSSR count). The Kier molecular flexibility index (Phi) is 3.86. The van der Waals surface area contributed by atoms with E-state index in [1.165, 1.54) is 12.2 Å². The second-order valence-electron chi connectivity index (χ2n) is 4.56. The van der Waals surface area contributed by atoms with Crippen LogP contribution in [-0.4, -0.2) is 27.1 Å². The summed E-state index contributed by atoms with van der Waals surface area (Å²) in [5.41, 5.74) is 0. The highest BCUT2D eigenvalue weighted by molar-refractivity contribution is 7.99. The minimum absolute atomic E-state index is 0.219. The molecule has 0 aliphatic carbocycles. The van der Waals surface area contributed by atoms with Crippen LogP contribution in [-0.2, 0) is 6.42 Å². The van der Waals surface area contributed by atoms with Gasteiger partial charge < -0.3 is 9.63 Å². The predicted molar refractivity (Wildman–Crippen MR) is 63.3 cm³/mol. The minimum atomic E-state index is -0.399. The summed E-state index contributed by atoms with van der Waals surface area (Å²) < 4.78 is 5.16. The van der Waals surface area contributed by atoms with Crippen LogP contribution in [0.15, 0.2) is 4.52 Å². The summed E-state index contributed by atoms with van der Waals surface area (Å²) in [4.78, 5) is 4.36. The van der Waals surface area contributed by atoms with E-state index in [9.17, 15) is 5.11 Å². The summed E-state index contributed by atoms with van der Waals surface area (Å²) in [6, 6.07) is 0. The van der Waals surface area contributed by atoms with E-state index in [0.29, 0.717) is 17.6 Å². The molecule has 5 heteroatoms. The van der Waals surface area contributed by atoms with Crippen molar-refractivity contribution in [2.24, 2.45) is 5.92 Å². The van der Waals surface area contributed by atoms with Crippen LogP contribution < -0.4 is 0 Å². The van der Waals surface area contributed by atoms with Gasteiger partial charge in [-0.1, -0.05) is 19.0 Å². The van der Waals surface area contributed by atoms with Crippen LogP contribution in [0.2, 0.25) is 0 Å². The first-order chi connectivity index (χ1) is 7.66. The lowest BCUT2D eigenvalue weighted by Gasteiger charge is -2.10. The Hall–Kier alpha value is -0.550. The van der Waals surface area contributed by atoms with Crippen LogP contribution in [0.5, 0.6) is 0 Å². The molecule has 0 bridgehead atoms. The second-order valence-corrected chi connectivity index (χ2v) is 5.87. The summed E-state index contributed by atoms with van der Waals surface area (Å²) in [5, 5.41) is 14.1. The second kappa shape index (κ2) is 5.19. The van der Waals surface area contributed by atoms with Gasteiger partial charge in [-0.05, 0) is 24.5 Å². The third kappa shape index (κ3) is 2.77. The van der Waals surface area contributed by atoms with E-state index in [1.54, 1.807) is 0 Å². The molecule has 0 saturated carbocycles. The van der Waals surface area contributed by atoms with Gasteiger partial charge in [0.1, 0.15) is 0 Å². The fourth-order valence-corrected chi connectivity index (χ4v) is 2.87. The molecule has 1 fully saturated rings. The number of thioether (sulfide) groups is 1. The molecule has 4 nitrogen and oxygen atoms in total. The van der Waals surface area contributed by atoms with Gasteiger partial charge in [0.15, 0.2) is 5.82 Å². The highest BCUT2D eigenvalue weighted by atomic mass is 32.2. The smallest absolute Gasteiger partial charge is 0.229 e. The van der Waals surface area contributed by atoms with Crippen molar-refractivity contribution >= 4 is 11.8 Å². The molecule has 1 aliphatic heterocycles. The number of nitrogens with zero attached hydrogens (tertiary/aromatic N) is 2. The highest BCUT2D eigenvalue weighted by Gasteiger charge is 2.23. The molecule has 1 saturated heterocycles. The van der Waals surface area contributed by atoms with Gasteiger partial charge in [0.2, 0.25) is 5.89 Å². The average Bonchev–Trinajstić information content (AvgIpc) is 2.85. The quantitative estimate of drug-likeness (QED) is 0.877. The summed E-state index contributed by atoms with van der Waals surface area (Å²) in [6.07, 6.45) is 2.43. The first-order valence-electron chi connectivity index (χ1n) is 5.79. The molecule has 1 aliphatic rings. The third-order valence-corrected chi connectivity index (χ3v) is 4.23. The van der Waals surface area contributed by atoms with Crippen molar-refractivity contribution in [3.63, 3.8) is 0 Å². The summed E-state index contributed by atoms with van der Waals surface area (Å²) in [5.74, 6) is 2.76. The van der Waals surface area contributed by atoms with Crippen LogP contribution in [0, 0.1) is 5.92 Å². The largest absolute Gasteiger partial charge is 0.392 e. The van der Waals surface area contributed by atoms with E-state index >= 15 is 0 Å². The van der Waals surface area contributed by atoms with Crippen LogP contribution in [0.3, 0.4) is 0 Å². The van der Waals surface area contributed by atoms with Gasteiger partial charge in [-0.25, -0.2) is 0 Å². The summed E-state index contributed by atoms with van der Waals surface area (Å²) >= 11 is 1.89. The van der Waals surface area contributed by atoms with Crippen molar-refractivity contribution in [2.75, 3.05) is 5.75 Å². The maximum absolute atomic E-state index is 9.72. The lowest BCUT2D eigenvalue weighted by molar-refractivity contribution is 0.116. The normalized spacial score (nSPS) is 22.9. The van der Waals surface area contributed by atoms with Crippen LogP contribution in [0.1, 0.15) is 43.7 Å². The topological polar surface area (TPSA) is 59.2 Å². The number of aromatic nitrogens is 2. The molecule has 16 heavy (non-hydrogen) atoms. The van der Waals surface area contributed by atoms with E-state index in [-0.39, 0.29) is 5.92 Å². The van der Waals surface area contributed by atoms with Gasteiger partial charge in [-0.2, -0.15) is 16.7 Å². The molecule has 2 unspecified atom stereocenters. The van der Waals surface area contributed by atoms with Gasteiger partial charge in [-0.3, -0.25) is 0 Å². The van der Waals surface area contributed by atoms with Crippen molar-refractivity contribution < 1.29 is 9.63 Å². The van der Waals surface area contributed by atoms with Gasteiger partial charge in [0, 0.05) is 0 Å². The molecule has 1 aromatic heterocycles. The van der Waals surface area contributed by atoms with E-state index < -0.39 is 6.10 Å². The fraction of sp³-hybridized carbons (Fsp3) is 0.818. The number of rotatable bonds is 4. The molecular formula is C11H18N2O2S. The first-order valence-corrected chi connectivity index (χ1v) is 6.84. The van der Waals surface area contributed by atoms with E-state index in [1.807, 2.05) is 25.6 Å². The zero-order valence-electron chi connectivity index (χ0n) is 9.72. The van der Waals surface area contributed by atoms with Crippen molar-refractivity contribution in [3.05, 3.63) is 11.7 Å². The Morgan fingerprint density at radius 1 is 1.56 bits per heavy atom. The maximum atomic E-state index is 9.72. The zero-order chi connectivity index (χ0) is 11.5. The molecule has 0 spiro atoms. The Labute approximate surface area is 99.8 Å². The van der Waals surface area contributed by atoms with Gasteiger partial charge >= 0.3 is 0 Å². The third-order valence-electron chi connectivity index (χ3n) is 2.85. The molecule has 0 aromatic carbocycles. The lowest BCUT2D eigenvalue weighted by atomic mass is 10.0. The Morgan fingerprint density at radius 2 is 2.38 bits per heavy atom. The summed E-state index contributed by atoms with van der Waals surface area (Å²) in [7, 11) is 0. The van der Waals surface area contributed by atoms with Crippen molar-refractivity contribution in [1.29, 1.82) is 0 Å². The van der Waals surface area contributed by atoms with Crippen molar-refractivity contribution in [2.45, 2.75) is 44.5 Å². The SMILES string of the molecule is CC(C)C(O)Cc1nc(C2CCCS2)no1. The minimum Gasteiger partial charge on any atom is -0.392 e. The van der Waals surface area contributed by atoms with E-state index in [2.05, 4.69) is 10.1 Å².